The molecule has 0 spiro atoms. The molecular formula is C6H14N2O. The molecule has 0 aliphatic carbocycles. The normalized spacial score (nSPS) is 30.7. The van der Waals surface area contributed by atoms with Crippen LogP contribution in [0.1, 0.15) is 12.8 Å². The number of piperidine rings is 1. The lowest BCUT2D eigenvalue weighted by molar-refractivity contribution is 0.0313. The van der Waals surface area contributed by atoms with E-state index in [1.807, 2.05) is 5.01 Å². The zero-order chi connectivity index (χ0) is 6.69. The third-order valence-corrected chi connectivity index (χ3v) is 1.74. The quantitative estimate of drug-likeness (QED) is 0.507. The Kier molecular flexibility index (Phi) is 2.45. The van der Waals surface area contributed by atoms with Gasteiger partial charge >= 0.3 is 0 Å². The highest BCUT2D eigenvalue weighted by molar-refractivity contribution is 4.68. The minimum Gasteiger partial charge on any atom is -0.380 e. The van der Waals surface area contributed by atoms with Gasteiger partial charge in [-0.2, -0.15) is 0 Å². The van der Waals surface area contributed by atoms with Crippen LogP contribution in [0, 0.1) is 0 Å². The van der Waals surface area contributed by atoms with Crippen LogP contribution in [0.3, 0.4) is 0 Å². The molecular weight excluding hydrogens is 116 g/mol. The number of rotatable bonds is 1. The molecule has 0 saturated carbocycles. The van der Waals surface area contributed by atoms with Crippen molar-refractivity contribution in [3.8, 4) is 0 Å². The molecule has 1 heterocycles. The summed E-state index contributed by atoms with van der Waals surface area (Å²) in [6.07, 6.45) is 2.68. The first kappa shape index (κ1) is 6.99. The monoisotopic (exact) mass is 130 g/mol. The zero-order valence-electron chi connectivity index (χ0n) is 5.84. The standard InChI is InChI=1S/C6H14N2O/c1-9-6-3-2-4-8(7)5-6/h6H,2-5,7H2,1H3/t6-/m1/s1. The van der Waals surface area contributed by atoms with Crippen LogP contribution in [-0.2, 0) is 4.74 Å². The number of methoxy groups -OCH3 is 1. The van der Waals surface area contributed by atoms with Gasteiger partial charge in [-0.1, -0.05) is 0 Å². The van der Waals surface area contributed by atoms with Crippen molar-refractivity contribution < 1.29 is 4.74 Å². The molecule has 3 nitrogen and oxygen atoms in total. The van der Waals surface area contributed by atoms with Crippen molar-refractivity contribution in [2.24, 2.45) is 5.84 Å². The van der Waals surface area contributed by atoms with Gasteiger partial charge in [-0.3, -0.25) is 5.84 Å². The fourth-order valence-electron chi connectivity index (χ4n) is 1.16. The maximum atomic E-state index is 5.55. The number of hydrogen-bond acceptors (Lipinski definition) is 3. The van der Waals surface area contributed by atoms with E-state index in [0.29, 0.717) is 6.10 Å². The van der Waals surface area contributed by atoms with Gasteiger partial charge in [-0.15, -0.1) is 0 Å². The van der Waals surface area contributed by atoms with E-state index in [9.17, 15) is 0 Å². The summed E-state index contributed by atoms with van der Waals surface area (Å²) < 4.78 is 5.14. The first-order valence-corrected chi connectivity index (χ1v) is 3.35. The highest BCUT2D eigenvalue weighted by Crippen LogP contribution is 2.08. The van der Waals surface area contributed by atoms with Gasteiger partial charge in [0.1, 0.15) is 0 Å². The van der Waals surface area contributed by atoms with Crippen molar-refractivity contribution in [1.29, 1.82) is 0 Å². The SMILES string of the molecule is CO[C@@H]1CCCN(N)C1. The third kappa shape index (κ3) is 1.93. The fourth-order valence-corrected chi connectivity index (χ4v) is 1.16. The average molecular weight is 130 g/mol. The molecule has 3 heteroatoms. The highest BCUT2D eigenvalue weighted by Gasteiger charge is 2.15. The molecule has 0 bridgehead atoms. The lowest BCUT2D eigenvalue weighted by atomic mass is 10.1. The van der Waals surface area contributed by atoms with Crippen LogP contribution < -0.4 is 5.84 Å². The van der Waals surface area contributed by atoms with Crippen molar-refractivity contribution in [1.82, 2.24) is 5.01 Å². The lowest BCUT2D eigenvalue weighted by Crippen LogP contribution is -2.43. The molecule has 0 radical (unpaired) electrons. The number of hydrazine groups is 1. The van der Waals surface area contributed by atoms with E-state index in [1.165, 1.54) is 0 Å². The summed E-state index contributed by atoms with van der Waals surface area (Å²) in [5.41, 5.74) is 0. The molecule has 54 valence electrons. The summed E-state index contributed by atoms with van der Waals surface area (Å²) in [5.74, 6) is 5.55. The molecule has 0 unspecified atom stereocenters. The van der Waals surface area contributed by atoms with Crippen molar-refractivity contribution in [3.05, 3.63) is 0 Å². The molecule has 1 saturated heterocycles. The second-order valence-corrected chi connectivity index (χ2v) is 2.49. The first-order valence-electron chi connectivity index (χ1n) is 3.35. The lowest BCUT2D eigenvalue weighted by Gasteiger charge is -2.27. The third-order valence-electron chi connectivity index (χ3n) is 1.74. The van der Waals surface area contributed by atoms with Gasteiger partial charge in [0, 0.05) is 20.2 Å². The van der Waals surface area contributed by atoms with Crippen molar-refractivity contribution >= 4 is 0 Å². The number of nitrogens with two attached hydrogens (primary N) is 1. The van der Waals surface area contributed by atoms with Gasteiger partial charge < -0.3 is 4.74 Å². The molecule has 0 aromatic carbocycles. The van der Waals surface area contributed by atoms with Gasteiger partial charge in [-0.25, -0.2) is 5.01 Å². The Labute approximate surface area is 55.7 Å². The van der Waals surface area contributed by atoms with E-state index in [2.05, 4.69) is 0 Å². The van der Waals surface area contributed by atoms with Gasteiger partial charge in [0.15, 0.2) is 0 Å². The van der Waals surface area contributed by atoms with E-state index in [-0.39, 0.29) is 0 Å². The molecule has 1 atom stereocenters. The second-order valence-electron chi connectivity index (χ2n) is 2.49. The molecule has 1 aliphatic rings. The maximum Gasteiger partial charge on any atom is 0.0712 e. The van der Waals surface area contributed by atoms with E-state index in [0.717, 1.165) is 25.9 Å². The minimum absolute atomic E-state index is 0.365. The smallest absolute Gasteiger partial charge is 0.0712 e. The second kappa shape index (κ2) is 3.15. The summed E-state index contributed by atoms with van der Waals surface area (Å²) in [6.45, 7) is 1.90. The highest BCUT2D eigenvalue weighted by atomic mass is 16.5. The van der Waals surface area contributed by atoms with Crippen molar-refractivity contribution in [3.63, 3.8) is 0 Å². The number of ether oxygens (including phenoxy) is 1. The zero-order valence-corrected chi connectivity index (χ0v) is 5.84. The van der Waals surface area contributed by atoms with Crippen LogP contribution in [0.5, 0.6) is 0 Å². The predicted molar refractivity (Wildman–Crippen MR) is 35.8 cm³/mol. The van der Waals surface area contributed by atoms with Gasteiger partial charge in [0.25, 0.3) is 0 Å². The van der Waals surface area contributed by atoms with Gasteiger partial charge in [0.05, 0.1) is 6.10 Å². The molecule has 0 aromatic heterocycles. The largest absolute Gasteiger partial charge is 0.380 e. The van der Waals surface area contributed by atoms with Crippen LogP contribution in [-0.4, -0.2) is 31.3 Å². The molecule has 0 aromatic rings. The summed E-state index contributed by atoms with van der Waals surface area (Å²) in [6, 6.07) is 0. The van der Waals surface area contributed by atoms with E-state index in [4.69, 9.17) is 10.6 Å². The van der Waals surface area contributed by atoms with Crippen LogP contribution in [0.25, 0.3) is 0 Å². The number of hydrogen-bond donors (Lipinski definition) is 1. The van der Waals surface area contributed by atoms with E-state index in [1.54, 1.807) is 7.11 Å². The summed E-state index contributed by atoms with van der Waals surface area (Å²) >= 11 is 0. The van der Waals surface area contributed by atoms with Crippen molar-refractivity contribution in [2.45, 2.75) is 18.9 Å². The van der Waals surface area contributed by atoms with Gasteiger partial charge in [0.2, 0.25) is 0 Å². The number of nitrogens with zero attached hydrogens (tertiary/aromatic N) is 1. The Balaban J connectivity index is 2.23. The van der Waals surface area contributed by atoms with E-state index < -0.39 is 0 Å². The Morgan fingerprint density at radius 3 is 2.89 bits per heavy atom. The Morgan fingerprint density at radius 2 is 2.44 bits per heavy atom. The van der Waals surface area contributed by atoms with Gasteiger partial charge in [-0.05, 0) is 12.8 Å². The van der Waals surface area contributed by atoms with Crippen LogP contribution in [0.4, 0.5) is 0 Å². The molecule has 9 heavy (non-hydrogen) atoms. The van der Waals surface area contributed by atoms with Crippen LogP contribution >= 0.6 is 0 Å². The van der Waals surface area contributed by atoms with Crippen LogP contribution in [0.15, 0.2) is 0 Å². The van der Waals surface area contributed by atoms with Crippen molar-refractivity contribution in [2.75, 3.05) is 20.2 Å². The van der Waals surface area contributed by atoms with Crippen LogP contribution in [0.2, 0.25) is 0 Å². The molecule has 1 aliphatic heterocycles. The molecule has 1 rings (SSSR count). The minimum atomic E-state index is 0.365. The summed E-state index contributed by atoms with van der Waals surface area (Å²) in [5, 5.41) is 1.82. The maximum absolute atomic E-state index is 5.55. The molecule has 1 fully saturated rings. The predicted octanol–water partition coefficient (Wildman–Crippen LogP) is -0.0291. The Morgan fingerprint density at radius 1 is 1.67 bits per heavy atom. The topological polar surface area (TPSA) is 38.5 Å². The first-order chi connectivity index (χ1) is 4.33. The van der Waals surface area contributed by atoms with E-state index >= 15 is 0 Å². The summed E-state index contributed by atoms with van der Waals surface area (Å²) in [4.78, 5) is 0. The Bertz CT molecular complexity index is 87.1. The molecule has 2 N–H and O–H groups in total. The average Bonchev–Trinajstić information content (AvgIpc) is 1.88. The molecule has 0 amide bonds. The Hall–Kier alpha value is -0.120. The summed E-state index contributed by atoms with van der Waals surface area (Å²) in [7, 11) is 1.74. The fraction of sp³-hybridized carbons (Fsp3) is 1.00.